The molecule has 0 unspecified atom stereocenters. The topological polar surface area (TPSA) is 38.3 Å². The predicted molar refractivity (Wildman–Crippen MR) is 41.6 cm³/mol. The maximum atomic E-state index is 12.9. The van der Waals surface area contributed by atoms with Crippen molar-refractivity contribution in [2.75, 3.05) is 5.48 Å². The summed E-state index contributed by atoms with van der Waals surface area (Å²) < 4.78 is 63.5. The summed E-state index contributed by atoms with van der Waals surface area (Å²) in [6.07, 6.45) is 0. The lowest BCUT2D eigenvalue weighted by Gasteiger charge is -2.09. The van der Waals surface area contributed by atoms with Gasteiger partial charge in [0, 0.05) is 6.92 Å². The van der Waals surface area contributed by atoms with E-state index in [1.54, 1.807) is 0 Å². The van der Waals surface area contributed by atoms with Crippen LogP contribution in [0.3, 0.4) is 0 Å². The van der Waals surface area contributed by atoms with E-state index in [0.717, 1.165) is 6.92 Å². The van der Waals surface area contributed by atoms with Crippen molar-refractivity contribution in [2.45, 2.75) is 6.92 Å². The molecule has 0 atom stereocenters. The van der Waals surface area contributed by atoms with Gasteiger partial charge in [0.25, 0.3) is 0 Å². The predicted octanol–water partition coefficient (Wildman–Crippen LogP) is 2.27. The normalized spacial score (nSPS) is 10.1. The van der Waals surface area contributed by atoms with E-state index in [4.69, 9.17) is 0 Å². The van der Waals surface area contributed by atoms with E-state index in [9.17, 15) is 26.7 Å². The van der Waals surface area contributed by atoms with Gasteiger partial charge in [0.15, 0.2) is 23.3 Å². The number of hydrogen-bond acceptors (Lipinski definition) is 3. The summed E-state index contributed by atoms with van der Waals surface area (Å²) in [5.41, 5.74) is -0.0811. The monoisotopic (exact) mass is 241 g/mol. The second-order valence-electron chi connectivity index (χ2n) is 2.64. The van der Waals surface area contributed by atoms with Gasteiger partial charge < -0.3 is 4.84 Å². The van der Waals surface area contributed by atoms with Crippen LogP contribution in [0.15, 0.2) is 0 Å². The van der Waals surface area contributed by atoms with E-state index < -0.39 is 40.7 Å². The van der Waals surface area contributed by atoms with Crippen molar-refractivity contribution in [1.82, 2.24) is 0 Å². The maximum Gasteiger partial charge on any atom is 0.329 e. The summed E-state index contributed by atoms with van der Waals surface area (Å²) in [6.45, 7) is 0.874. The van der Waals surface area contributed by atoms with Crippen molar-refractivity contribution >= 4 is 11.7 Å². The fourth-order valence-corrected chi connectivity index (χ4v) is 0.817. The van der Waals surface area contributed by atoms with Gasteiger partial charge in [-0.1, -0.05) is 0 Å². The number of anilines is 1. The molecule has 1 aromatic rings. The number of nitrogens with one attached hydrogen (secondary N) is 1. The summed E-state index contributed by atoms with van der Waals surface area (Å²) in [7, 11) is 0. The molecule has 0 aliphatic rings. The third-order valence-electron chi connectivity index (χ3n) is 1.51. The molecule has 3 nitrogen and oxygen atoms in total. The number of hydrogen-bond donors (Lipinski definition) is 1. The summed E-state index contributed by atoms with van der Waals surface area (Å²) >= 11 is 0. The standard InChI is InChI=1S/C8H4F5NO2/c1-2(15)16-14-8-6(12)4(10)3(9)5(11)7(8)13/h14H,1H3. The van der Waals surface area contributed by atoms with Crippen LogP contribution in [0.2, 0.25) is 0 Å². The smallest absolute Gasteiger partial charge is 0.329 e. The van der Waals surface area contributed by atoms with Gasteiger partial charge in [-0.3, -0.25) is 4.79 Å². The van der Waals surface area contributed by atoms with Gasteiger partial charge in [0.05, 0.1) is 0 Å². The summed E-state index contributed by atoms with van der Waals surface area (Å²) in [5.74, 6) is -11.8. The van der Waals surface area contributed by atoms with Gasteiger partial charge in [-0.2, -0.15) is 0 Å². The molecule has 0 saturated carbocycles. The van der Waals surface area contributed by atoms with Gasteiger partial charge in [-0.25, -0.2) is 27.4 Å². The first-order valence-electron chi connectivity index (χ1n) is 3.81. The Kier molecular flexibility index (Phi) is 3.31. The largest absolute Gasteiger partial charge is 0.344 e. The highest BCUT2D eigenvalue weighted by molar-refractivity contribution is 5.67. The summed E-state index contributed by atoms with van der Waals surface area (Å²) in [6, 6.07) is 0. The number of benzene rings is 1. The van der Waals surface area contributed by atoms with Crippen molar-refractivity contribution in [3.05, 3.63) is 29.1 Å². The second kappa shape index (κ2) is 4.33. The molecule has 0 radical (unpaired) electrons. The minimum Gasteiger partial charge on any atom is -0.344 e. The van der Waals surface area contributed by atoms with Crippen molar-refractivity contribution in [1.29, 1.82) is 0 Å². The van der Waals surface area contributed by atoms with Crippen LogP contribution in [0.5, 0.6) is 0 Å². The van der Waals surface area contributed by atoms with Crippen LogP contribution in [0.1, 0.15) is 6.92 Å². The molecule has 88 valence electrons. The van der Waals surface area contributed by atoms with Gasteiger partial charge in [0.1, 0.15) is 5.69 Å². The molecule has 1 aromatic carbocycles. The van der Waals surface area contributed by atoms with Crippen LogP contribution < -0.4 is 5.48 Å². The number of halogens is 5. The molecule has 1 rings (SSSR count). The molecule has 0 bridgehead atoms. The van der Waals surface area contributed by atoms with Crippen LogP contribution in [0.4, 0.5) is 27.6 Å². The van der Waals surface area contributed by atoms with Crippen LogP contribution in [-0.4, -0.2) is 5.97 Å². The zero-order valence-corrected chi connectivity index (χ0v) is 7.71. The molecule has 0 aliphatic carbocycles. The first-order valence-corrected chi connectivity index (χ1v) is 3.81. The van der Waals surface area contributed by atoms with E-state index in [2.05, 4.69) is 4.84 Å². The van der Waals surface area contributed by atoms with E-state index in [1.165, 1.54) is 5.48 Å². The van der Waals surface area contributed by atoms with Crippen molar-refractivity contribution in [3.63, 3.8) is 0 Å². The average molecular weight is 241 g/mol. The number of carbonyl (C=O) groups excluding carboxylic acids is 1. The lowest BCUT2D eigenvalue weighted by atomic mass is 10.2. The fourth-order valence-electron chi connectivity index (χ4n) is 0.817. The molecule has 0 amide bonds. The molecular weight excluding hydrogens is 237 g/mol. The van der Waals surface area contributed by atoms with Crippen LogP contribution >= 0.6 is 0 Å². The highest BCUT2D eigenvalue weighted by Crippen LogP contribution is 2.26. The summed E-state index contributed by atoms with van der Waals surface area (Å²) in [5, 5.41) is 0. The van der Waals surface area contributed by atoms with E-state index in [-0.39, 0.29) is 0 Å². The summed E-state index contributed by atoms with van der Waals surface area (Å²) in [4.78, 5) is 14.2. The van der Waals surface area contributed by atoms with Crippen molar-refractivity contribution < 1.29 is 31.6 Å². The third kappa shape index (κ3) is 2.05. The molecule has 1 N–H and O–H groups in total. The highest BCUT2D eigenvalue weighted by atomic mass is 19.2. The quantitative estimate of drug-likeness (QED) is 0.373. The Hall–Kier alpha value is -1.86. The van der Waals surface area contributed by atoms with Gasteiger partial charge >= 0.3 is 5.97 Å². The van der Waals surface area contributed by atoms with Crippen molar-refractivity contribution in [2.24, 2.45) is 0 Å². The Balaban J connectivity index is 3.23. The Bertz CT molecular complexity index is 420. The molecule has 0 saturated heterocycles. The maximum absolute atomic E-state index is 12.9. The van der Waals surface area contributed by atoms with E-state index in [0.29, 0.717) is 0 Å². The minimum absolute atomic E-state index is 0.874. The Morgan fingerprint density at radius 2 is 1.31 bits per heavy atom. The second-order valence-corrected chi connectivity index (χ2v) is 2.64. The lowest BCUT2D eigenvalue weighted by Crippen LogP contribution is -2.12. The molecule has 0 spiro atoms. The molecule has 8 heteroatoms. The molecule has 0 aromatic heterocycles. The zero-order chi connectivity index (χ0) is 12.5. The van der Waals surface area contributed by atoms with Gasteiger partial charge in [0.2, 0.25) is 5.82 Å². The third-order valence-corrected chi connectivity index (χ3v) is 1.51. The first-order chi connectivity index (χ1) is 7.36. The highest BCUT2D eigenvalue weighted by Gasteiger charge is 2.26. The lowest BCUT2D eigenvalue weighted by molar-refractivity contribution is -0.138. The molecule has 0 fully saturated rings. The molecule has 0 aliphatic heterocycles. The van der Waals surface area contributed by atoms with Gasteiger partial charge in [-0.05, 0) is 0 Å². The SMILES string of the molecule is CC(=O)ONc1c(F)c(F)c(F)c(F)c1F. The number of rotatable bonds is 2. The zero-order valence-electron chi connectivity index (χ0n) is 7.71. The average Bonchev–Trinajstić information content (AvgIpc) is 2.23. The van der Waals surface area contributed by atoms with Crippen LogP contribution in [0, 0.1) is 29.1 Å². The van der Waals surface area contributed by atoms with Crippen LogP contribution in [0.25, 0.3) is 0 Å². The van der Waals surface area contributed by atoms with E-state index in [1.807, 2.05) is 0 Å². The van der Waals surface area contributed by atoms with Gasteiger partial charge in [-0.15, -0.1) is 0 Å². The van der Waals surface area contributed by atoms with Crippen LogP contribution in [-0.2, 0) is 9.63 Å². The molecule has 0 heterocycles. The fraction of sp³-hybridized carbons (Fsp3) is 0.125. The Morgan fingerprint density at radius 3 is 1.69 bits per heavy atom. The minimum atomic E-state index is -2.29. The Labute approximate surface area is 85.8 Å². The Morgan fingerprint density at radius 1 is 0.938 bits per heavy atom. The van der Waals surface area contributed by atoms with Crippen molar-refractivity contribution in [3.8, 4) is 0 Å². The number of carbonyl (C=O) groups is 1. The first kappa shape index (κ1) is 12.2. The van der Waals surface area contributed by atoms with E-state index >= 15 is 0 Å². The molecule has 16 heavy (non-hydrogen) atoms. The molecular formula is C8H4F5NO2.